The van der Waals surface area contributed by atoms with Crippen molar-refractivity contribution in [1.29, 1.82) is 5.26 Å². The summed E-state index contributed by atoms with van der Waals surface area (Å²) in [5, 5.41) is 17.2. The molecule has 0 amide bonds. The molecule has 0 aliphatic rings. The van der Waals surface area contributed by atoms with Crippen molar-refractivity contribution in [2.75, 3.05) is 4.72 Å². The van der Waals surface area contributed by atoms with Gasteiger partial charge in [0.15, 0.2) is 5.82 Å². The van der Waals surface area contributed by atoms with Crippen molar-refractivity contribution >= 4 is 27.6 Å². The third-order valence-electron chi connectivity index (χ3n) is 5.61. The molecule has 0 unspecified atom stereocenters. The Morgan fingerprint density at radius 3 is 2.27 bits per heavy atom. The summed E-state index contributed by atoms with van der Waals surface area (Å²) >= 11 is 1.48. The second-order valence-corrected chi connectivity index (χ2v) is 10.8. The van der Waals surface area contributed by atoms with Crippen LogP contribution in [0.5, 0.6) is 0 Å². The van der Waals surface area contributed by atoms with Crippen LogP contribution >= 0.6 is 11.8 Å². The molecule has 0 aliphatic carbocycles. The van der Waals surface area contributed by atoms with E-state index in [0.717, 1.165) is 16.7 Å². The van der Waals surface area contributed by atoms with Crippen molar-refractivity contribution in [3.63, 3.8) is 0 Å². The van der Waals surface area contributed by atoms with Crippen LogP contribution in [0.1, 0.15) is 11.1 Å². The van der Waals surface area contributed by atoms with Gasteiger partial charge in [-0.15, -0.1) is 11.8 Å². The van der Waals surface area contributed by atoms with E-state index < -0.39 is 10.0 Å². The number of hydrogen-bond acceptors (Lipinski definition) is 6. The zero-order chi connectivity index (χ0) is 25.7. The summed E-state index contributed by atoms with van der Waals surface area (Å²) in [7, 11) is -3.88. The minimum Gasteiger partial charge on any atom is -0.269 e. The summed E-state index contributed by atoms with van der Waals surface area (Å²) in [5.74, 6) is 0.737. The average Bonchev–Trinajstić information content (AvgIpc) is 3.34. The number of H-pyrrole nitrogens is 1. The van der Waals surface area contributed by atoms with Gasteiger partial charge in [-0.1, -0.05) is 72.8 Å². The van der Waals surface area contributed by atoms with E-state index in [4.69, 9.17) is 0 Å². The highest BCUT2D eigenvalue weighted by Crippen LogP contribution is 2.37. The summed E-state index contributed by atoms with van der Waals surface area (Å²) in [5.41, 5.74) is 4.72. The first-order valence-corrected chi connectivity index (χ1v) is 13.8. The molecule has 0 saturated heterocycles. The fourth-order valence-electron chi connectivity index (χ4n) is 3.74. The van der Waals surface area contributed by atoms with E-state index in [0.29, 0.717) is 27.6 Å². The number of sulfonamides is 1. The predicted octanol–water partition coefficient (Wildman–Crippen LogP) is 6.10. The molecular formula is C28H21N5O2S2. The molecular weight excluding hydrogens is 502 g/mol. The molecule has 5 aromatic rings. The molecule has 0 saturated carbocycles. The number of anilines is 1. The highest BCUT2D eigenvalue weighted by molar-refractivity contribution is 7.98. The van der Waals surface area contributed by atoms with Crippen molar-refractivity contribution < 1.29 is 8.42 Å². The van der Waals surface area contributed by atoms with Crippen LogP contribution in [0.15, 0.2) is 113 Å². The van der Waals surface area contributed by atoms with Crippen LogP contribution in [0, 0.1) is 11.3 Å². The molecule has 7 nitrogen and oxygen atoms in total. The normalized spacial score (nSPS) is 11.1. The lowest BCUT2D eigenvalue weighted by molar-refractivity contribution is 0.601. The highest BCUT2D eigenvalue weighted by atomic mass is 32.2. The third kappa shape index (κ3) is 5.56. The lowest BCUT2D eigenvalue weighted by Gasteiger charge is -2.09. The van der Waals surface area contributed by atoms with Gasteiger partial charge in [0, 0.05) is 11.9 Å². The molecule has 182 valence electrons. The number of nitrogens with zero attached hydrogens (tertiary/aromatic N) is 3. The first-order chi connectivity index (χ1) is 18.0. The maximum atomic E-state index is 13.0. The topological polar surface area (TPSA) is 112 Å². The molecule has 9 heteroatoms. The van der Waals surface area contributed by atoms with Gasteiger partial charge in [0.1, 0.15) is 5.03 Å². The number of aromatic amines is 1. The third-order valence-corrected chi connectivity index (χ3v) is 8.02. The van der Waals surface area contributed by atoms with E-state index in [2.05, 4.69) is 62.4 Å². The maximum absolute atomic E-state index is 13.0. The van der Waals surface area contributed by atoms with Gasteiger partial charge in [0.25, 0.3) is 10.0 Å². The van der Waals surface area contributed by atoms with Crippen LogP contribution in [0.2, 0.25) is 0 Å². The van der Waals surface area contributed by atoms with Gasteiger partial charge < -0.3 is 0 Å². The quantitative estimate of drug-likeness (QED) is 0.238. The Labute approximate surface area is 219 Å². The minimum absolute atomic E-state index is 0.119. The van der Waals surface area contributed by atoms with Crippen molar-refractivity contribution in [2.24, 2.45) is 0 Å². The minimum atomic E-state index is -3.88. The molecule has 0 fully saturated rings. The largest absolute Gasteiger partial charge is 0.269 e. The zero-order valence-electron chi connectivity index (χ0n) is 19.5. The highest BCUT2D eigenvalue weighted by Gasteiger charge is 2.23. The van der Waals surface area contributed by atoms with Crippen molar-refractivity contribution in [3.8, 4) is 28.5 Å². The van der Waals surface area contributed by atoms with Crippen LogP contribution in [-0.4, -0.2) is 23.6 Å². The van der Waals surface area contributed by atoms with Gasteiger partial charge in [0.05, 0.1) is 27.8 Å². The van der Waals surface area contributed by atoms with Gasteiger partial charge in [-0.05, 0) is 41.0 Å². The van der Waals surface area contributed by atoms with E-state index in [-0.39, 0.29) is 10.7 Å². The molecule has 0 atom stereocenters. The summed E-state index contributed by atoms with van der Waals surface area (Å²) in [6, 6.07) is 31.8. The lowest BCUT2D eigenvalue weighted by atomic mass is 10.0. The molecule has 37 heavy (non-hydrogen) atoms. The number of nitrogens with one attached hydrogen (secondary N) is 2. The van der Waals surface area contributed by atoms with Gasteiger partial charge in [-0.25, -0.2) is 8.42 Å². The number of aromatic nitrogens is 3. The molecule has 3 aromatic carbocycles. The lowest BCUT2D eigenvalue weighted by Crippen LogP contribution is -2.13. The molecule has 2 heterocycles. The zero-order valence-corrected chi connectivity index (χ0v) is 21.1. The van der Waals surface area contributed by atoms with Crippen LogP contribution < -0.4 is 4.72 Å². The van der Waals surface area contributed by atoms with Crippen molar-refractivity contribution in [1.82, 2.24) is 15.2 Å². The number of thioether (sulfide) groups is 1. The monoisotopic (exact) mass is 523 g/mol. The standard InChI is InChI=1S/C28H21N5O2S2/c29-18-21-15-16-30-25(17-21)26-27(33-37(34,35)24-9-5-2-6-10-24)31-32-28(26)36-19-20-11-13-23(14-12-20)22-7-3-1-4-8-22/h1-17H,19H2,(H2,31,32,33). The van der Waals surface area contributed by atoms with Crippen LogP contribution in [0.25, 0.3) is 22.4 Å². The second-order valence-electron chi connectivity index (χ2n) is 8.09. The number of pyridine rings is 1. The summed E-state index contributed by atoms with van der Waals surface area (Å²) in [4.78, 5) is 4.52. The van der Waals surface area contributed by atoms with E-state index in [1.54, 1.807) is 30.3 Å². The van der Waals surface area contributed by atoms with Crippen LogP contribution in [-0.2, 0) is 15.8 Å². The average molecular weight is 524 g/mol. The Morgan fingerprint density at radius 1 is 0.892 bits per heavy atom. The molecule has 5 rings (SSSR count). The van der Waals surface area contributed by atoms with Gasteiger partial charge in [0.2, 0.25) is 0 Å². The molecule has 0 radical (unpaired) electrons. The van der Waals surface area contributed by atoms with Crippen molar-refractivity contribution in [3.05, 3.63) is 114 Å². The van der Waals surface area contributed by atoms with E-state index in [9.17, 15) is 13.7 Å². The Hall–Kier alpha value is -4.39. The molecule has 0 spiro atoms. The molecule has 0 bridgehead atoms. The van der Waals surface area contributed by atoms with Crippen molar-refractivity contribution in [2.45, 2.75) is 15.7 Å². The molecule has 2 N–H and O–H groups in total. The number of nitriles is 1. The Balaban J connectivity index is 1.44. The van der Waals surface area contributed by atoms with Crippen LogP contribution in [0.3, 0.4) is 0 Å². The summed E-state index contributed by atoms with van der Waals surface area (Å²) in [6.07, 6.45) is 1.52. The van der Waals surface area contributed by atoms with Gasteiger partial charge >= 0.3 is 0 Å². The number of benzene rings is 3. The van der Waals surface area contributed by atoms with E-state index in [1.165, 1.54) is 30.1 Å². The molecule has 2 aromatic heterocycles. The number of rotatable bonds is 8. The number of hydrogen-bond donors (Lipinski definition) is 2. The fourth-order valence-corrected chi connectivity index (χ4v) is 5.74. The Kier molecular flexibility index (Phi) is 7.03. The smallest absolute Gasteiger partial charge is 0.263 e. The SMILES string of the molecule is N#Cc1ccnc(-c2c(NS(=O)(=O)c3ccccc3)n[nH]c2SCc2ccc(-c3ccccc3)cc2)c1. The predicted molar refractivity (Wildman–Crippen MR) is 145 cm³/mol. The summed E-state index contributed by atoms with van der Waals surface area (Å²) < 4.78 is 28.6. The van der Waals surface area contributed by atoms with Gasteiger partial charge in [-0.2, -0.15) is 10.4 Å². The van der Waals surface area contributed by atoms with E-state index in [1.807, 2.05) is 18.2 Å². The summed E-state index contributed by atoms with van der Waals surface area (Å²) in [6.45, 7) is 0. The second kappa shape index (κ2) is 10.7. The Bertz CT molecular complexity index is 1660. The first kappa shape index (κ1) is 24.3. The van der Waals surface area contributed by atoms with Gasteiger partial charge in [-0.3, -0.25) is 14.8 Å². The van der Waals surface area contributed by atoms with Crippen LogP contribution in [0.4, 0.5) is 5.82 Å². The Morgan fingerprint density at radius 2 is 1.57 bits per heavy atom. The molecule has 0 aliphatic heterocycles. The fraction of sp³-hybridized carbons (Fsp3) is 0.0357. The van der Waals surface area contributed by atoms with E-state index >= 15 is 0 Å². The maximum Gasteiger partial charge on any atom is 0.263 e. The first-order valence-electron chi connectivity index (χ1n) is 11.3.